The predicted molar refractivity (Wildman–Crippen MR) is 75.8 cm³/mol. The lowest BCUT2D eigenvalue weighted by Gasteiger charge is -2.13. The van der Waals surface area contributed by atoms with Crippen LogP contribution in [0.4, 0.5) is 5.69 Å². The van der Waals surface area contributed by atoms with E-state index in [2.05, 4.69) is 15.9 Å². The summed E-state index contributed by atoms with van der Waals surface area (Å²) in [6.45, 7) is 1.73. The normalized spacial score (nSPS) is 21.3. The number of nitrogens with two attached hydrogens (primary N) is 1. The summed E-state index contributed by atoms with van der Waals surface area (Å²) in [7, 11) is -3.06. The third kappa shape index (κ3) is 3.27. The zero-order chi connectivity index (χ0) is 14.2. The van der Waals surface area contributed by atoms with Gasteiger partial charge in [-0.25, -0.2) is 13.2 Å². The Hall–Kier alpha value is -1.08. The van der Waals surface area contributed by atoms with Crippen molar-refractivity contribution >= 4 is 37.4 Å². The molecule has 1 aromatic carbocycles. The maximum Gasteiger partial charge on any atom is 0.338 e. The zero-order valence-electron chi connectivity index (χ0n) is 10.3. The minimum atomic E-state index is -3.06. The van der Waals surface area contributed by atoms with Crippen molar-refractivity contribution in [3.05, 3.63) is 27.7 Å². The summed E-state index contributed by atoms with van der Waals surface area (Å²) < 4.78 is 28.5. The lowest BCUT2D eigenvalue weighted by molar-refractivity contribution is 0.0355. The highest BCUT2D eigenvalue weighted by molar-refractivity contribution is 9.10. The quantitative estimate of drug-likeness (QED) is 0.649. The fourth-order valence-corrected chi connectivity index (χ4v) is 4.05. The van der Waals surface area contributed by atoms with Gasteiger partial charge in [0.1, 0.15) is 6.10 Å². The number of sulfone groups is 1. The number of hydrogen-bond donors (Lipinski definition) is 1. The highest BCUT2D eigenvalue weighted by Crippen LogP contribution is 2.25. The number of esters is 1. The molecule has 1 aliphatic heterocycles. The van der Waals surface area contributed by atoms with Crippen LogP contribution in [0.5, 0.6) is 0 Å². The number of anilines is 1. The van der Waals surface area contributed by atoms with Crippen LogP contribution >= 0.6 is 15.9 Å². The fourth-order valence-electron chi connectivity index (χ4n) is 1.98. The number of carbonyl (C=O) groups excluding carboxylic acids is 1. The molecule has 5 nitrogen and oxygen atoms in total. The molecule has 1 saturated heterocycles. The Labute approximate surface area is 120 Å². The van der Waals surface area contributed by atoms with Gasteiger partial charge in [0.15, 0.2) is 9.84 Å². The molecule has 0 spiro atoms. The molecule has 0 aromatic heterocycles. The van der Waals surface area contributed by atoms with E-state index in [-0.39, 0.29) is 11.5 Å². The van der Waals surface area contributed by atoms with Crippen LogP contribution in [0.15, 0.2) is 16.6 Å². The third-order valence-corrected chi connectivity index (χ3v) is 5.29. The summed E-state index contributed by atoms with van der Waals surface area (Å²) in [6.07, 6.45) is -0.200. The van der Waals surface area contributed by atoms with Crippen LogP contribution < -0.4 is 5.73 Å². The second-order valence-corrected chi connectivity index (χ2v) is 7.74. The minimum Gasteiger partial charge on any atom is -0.458 e. The van der Waals surface area contributed by atoms with Crippen molar-refractivity contribution in [3.63, 3.8) is 0 Å². The summed E-state index contributed by atoms with van der Waals surface area (Å²) in [5.74, 6) is -0.557. The van der Waals surface area contributed by atoms with Gasteiger partial charge in [0.2, 0.25) is 0 Å². The second-order valence-electron chi connectivity index (χ2n) is 4.60. The van der Waals surface area contributed by atoms with Gasteiger partial charge in [0.25, 0.3) is 0 Å². The molecule has 1 atom stereocenters. The lowest BCUT2D eigenvalue weighted by Crippen LogP contribution is -2.20. The molecule has 0 bridgehead atoms. The van der Waals surface area contributed by atoms with Gasteiger partial charge in [-0.2, -0.15) is 0 Å². The number of rotatable bonds is 2. The van der Waals surface area contributed by atoms with Crippen molar-refractivity contribution in [2.45, 2.75) is 19.4 Å². The van der Waals surface area contributed by atoms with Gasteiger partial charge >= 0.3 is 5.97 Å². The average Bonchev–Trinajstić information content (AvgIpc) is 2.63. The van der Waals surface area contributed by atoms with Crippen LogP contribution in [0, 0.1) is 6.92 Å². The largest absolute Gasteiger partial charge is 0.458 e. The SMILES string of the molecule is Cc1c(N)cc(Br)cc1C(=O)OC1CCS(=O)(=O)C1. The first kappa shape index (κ1) is 14.3. The summed E-state index contributed by atoms with van der Waals surface area (Å²) >= 11 is 3.26. The molecular weight excluding hydrogens is 334 g/mol. The highest BCUT2D eigenvalue weighted by atomic mass is 79.9. The van der Waals surface area contributed by atoms with E-state index in [4.69, 9.17) is 10.5 Å². The van der Waals surface area contributed by atoms with Crippen molar-refractivity contribution in [1.82, 2.24) is 0 Å². The van der Waals surface area contributed by atoms with Crippen LogP contribution in [0.1, 0.15) is 22.3 Å². The molecule has 2 rings (SSSR count). The Morgan fingerprint density at radius 2 is 2.16 bits per heavy atom. The Bertz CT molecular complexity index is 627. The van der Waals surface area contributed by atoms with Crippen molar-refractivity contribution in [2.75, 3.05) is 17.2 Å². The van der Waals surface area contributed by atoms with E-state index in [1.807, 2.05) is 0 Å². The first-order valence-electron chi connectivity index (χ1n) is 5.75. The number of ether oxygens (including phenoxy) is 1. The molecule has 1 aromatic rings. The van der Waals surface area contributed by atoms with Crippen LogP contribution in [0.3, 0.4) is 0 Å². The maximum atomic E-state index is 12.0. The monoisotopic (exact) mass is 347 g/mol. The van der Waals surface area contributed by atoms with Crippen molar-refractivity contribution in [1.29, 1.82) is 0 Å². The molecule has 0 amide bonds. The van der Waals surface area contributed by atoms with Crippen LogP contribution in [-0.4, -0.2) is 32.0 Å². The van der Waals surface area contributed by atoms with Gasteiger partial charge < -0.3 is 10.5 Å². The van der Waals surface area contributed by atoms with Gasteiger partial charge in [0.05, 0.1) is 17.1 Å². The van der Waals surface area contributed by atoms with Crippen molar-refractivity contribution in [2.24, 2.45) is 0 Å². The molecule has 0 saturated carbocycles. The number of benzene rings is 1. The molecule has 0 radical (unpaired) electrons. The number of hydrogen-bond acceptors (Lipinski definition) is 5. The van der Waals surface area contributed by atoms with E-state index in [0.717, 1.165) is 0 Å². The second kappa shape index (κ2) is 5.13. The Morgan fingerprint density at radius 3 is 2.74 bits per heavy atom. The summed E-state index contributed by atoms with van der Waals surface area (Å²) in [4.78, 5) is 12.0. The fraction of sp³-hybridized carbons (Fsp3) is 0.417. The topological polar surface area (TPSA) is 86.5 Å². The number of nitrogen functional groups attached to an aromatic ring is 1. The molecule has 1 unspecified atom stereocenters. The Balaban J connectivity index is 2.17. The molecule has 0 aliphatic carbocycles. The first-order chi connectivity index (χ1) is 8.78. The summed E-state index contributed by atoms with van der Waals surface area (Å²) in [5, 5.41) is 0. The summed E-state index contributed by atoms with van der Waals surface area (Å²) in [6, 6.07) is 3.32. The van der Waals surface area contributed by atoms with Crippen LogP contribution in [0.2, 0.25) is 0 Å². The lowest BCUT2D eigenvalue weighted by atomic mass is 10.1. The van der Waals surface area contributed by atoms with Crippen LogP contribution in [-0.2, 0) is 14.6 Å². The smallest absolute Gasteiger partial charge is 0.338 e. The van der Waals surface area contributed by atoms with E-state index >= 15 is 0 Å². The standard InChI is InChI=1S/C12H14BrNO4S/c1-7-10(4-8(13)5-11(7)14)12(15)18-9-2-3-19(16,17)6-9/h4-5,9H,2-3,6,14H2,1H3. The molecule has 19 heavy (non-hydrogen) atoms. The molecule has 1 heterocycles. The van der Waals surface area contributed by atoms with Gasteiger partial charge in [-0.15, -0.1) is 0 Å². The molecular formula is C12H14BrNO4S. The van der Waals surface area contributed by atoms with E-state index < -0.39 is 21.9 Å². The summed E-state index contributed by atoms with van der Waals surface area (Å²) in [5.41, 5.74) is 7.25. The van der Waals surface area contributed by atoms with E-state index in [1.165, 1.54) is 0 Å². The van der Waals surface area contributed by atoms with E-state index in [9.17, 15) is 13.2 Å². The zero-order valence-corrected chi connectivity index (χ0v) is 12.8. The van der Waals surface area contributed by atoms with Gasteiger partial charge in [-0.3, -0.25) is 0 Å². The molecule has 2 N–H and O–H groups in total. The van der Waals surface area contributed by atoms with E-state index in [0.29, 0.717) is 27.7 Å². The van der Waals surface area contributed by atoms with Crippen LogP contribution in [0.25, 0.3) is 0 Å². The predicted octanol–water partition coefficient (Wildman–Crippen LogP) is 1.68. The Morgan fingerprint density at radius 1 is 1.47 bits per heavy atom. The third-order valence-electron chi connectivity index (χ3n) is 3.10. The van der Waals surface area contributed by atoms with Crippen molar-refractivity contribution in [3.8, 4) is 0 Å². The first-order valence-corrected chi connectivity index (χ1v) is 8.37. The molecule has 1 aliphatic rings. The molecule has 1 fully saturated rings. The van der Waals surface area contributed by atoms with Gasteiger partial charge in [-0.05, 0) is 31.0 Å². The van der Waals surface area contributed by atoms with Gasteiger partial charge in [0, 0.05) is 10.2 Å². The highest BCUT2D eigenvalue weighted by Gasteiger charge is 2.31. The van der Waals surface area contributed by atoms with Crippen molar-refractivity contribution < 1.29 is 17.9 Å². The molecule has 104 valence electrons. The van der Waals surface area contributed by atoms with E-state index in [1.54, 1.807) is 19.1 Å². The van der Waals surface area contributed by atoms with Gasteiger partial charge in [-0.1, -0.05) is 15.9 Å². The molecule has 7 heteroatoms. The average molecular weight is 348 g/mol. The number of carbonyl (C=O) groups is 1. The minimum absolute atomic E-state index is 0.0740. The number of halogens is 1. The Kier molecular flexibility index (Phi) is 3.87. The maximum absolute atomic E-state index is 12.0.